The second-order valence-electron chi connectivity index (χ2n) is 6.49. The summed E-state index contributed by atoms with van der Waals surface area (Å²) in [5, 5.41) is 0. The molecule has 24 heavy (non-hydrogen) atoms. The van der Waals surface area contributed by atoms with Crippen molar-refractivity contribution in [1.82, 2.24) is 9.97 Å². The van der Waals surface area contributed by atoms with E-state index in [1.54, 1.807) is 26.0 Å². The third kappa shape index (κ3) is 3.43. The molecule has 1 aromatic heterocycles. The number of fused-ring (bicyclic) bond motifs is 1. The van der Waals surface area contributed by atoms with Crippen LogP contribution in [0.15, 0.2) is 18.2 Å². The van der Waals surface area contributed by atoms with Crippen molar-refractivity contribution in [2.75, 3.05) is 20.0 Å². The summed E-state index contributed by atoms with van der Waals surface area (Å²) < 4.78 is 16.8. The molecule has 0 unspecified atom stereocenters. The average Bonchev–Trinajstić information content (AvgIpc) is 3.05. The van der Waals surface area contributed by atoms with Crippen molar-refractivity contribution in [3.05, 3.63) is 23.9 Å². The van der Waals surface area contributed by atoms with Gasteiger partial charge < -0.3 is 14.2 Å². The van der Waals surface area contributed by atoms with E-state index in [1.165, 1.54) is 0 Å². The summed E-state index contributed by atoms with van der Waals surface area (Å²) in [4.78, 5) is 10.7. The van der Waals surface area contributed by atoms with Crippen LogP contribution in [0.4, 0.5) is 0 Å². The molecule has 2 heterocycles. The Labute approximate surface area is 146 Å². The molecule has 6 heteroatoms. The Kier molecular flexibility index (Phi) is 4.58. The van der Waals surface area contributed by atoms with Crippen molar-refractivity contribution in [2.45, 2.75) is 32.8 Å². The molecule has 0 fully saturated rings. The van der Waals surface area contributed by atoms with E-state index in [-0.39, 0.29) is 5.60 Å². The summed E-state index contributed by atoms with van der Waals surface area (Å²) in [5.74, 6) is 2.89. The number of rotatable bonds is 4. The minimum Gasteiger partial charge on any atom is -0.493 e. The molecule has 0 amide bonds. The zero-order valence-electron chi connectivity index (χ0n) is 14.7. The van der Waals surface area contributed by atoms with E-state index in [0.717, 1.165) is 33.8 Å². The first-order chi connectivity index (χ1) is 11.4. The Morgan fingerprint density at radius 2 is 1.62 bits per heavy atom. The van der Waals surface area contributed by atoms with Gasteiger partial charge in [-0.3, -0.25) is 0 Å². The van der Waals surface area contributed by atoms with Crippen molar-refractivity contribution < 1.29 is 14.2 Å². The lowest BCUT2D eigenvalue weighted by molar-refractivity contribution is 0.123. The van der Waals surface area contributed by atoms with Gasteiger partial charge in [-0.1, -0.05) is 6.08 Å². The monoisotopic (exact) mass is 346 g/mol. The summed E-state index contributed by atoms with van der Waals surface area (Å²) >= 11 is 1.78. The van der Waals surface area contributed by atoms with E-state index in [1.807, 2.05) is 32.9 Å². The maximum atomic E-state index is 6.08. The maximum absolute atomic E-state index is 6.08. The molecule has 0 radical (unpaired) electrons. The van der Waals surface area contributed by atoms with Crippen LogP contribution in [-0.2, 0) is 0 Å². The molecular formula is C18H22N2O3S. The van der Waals surface area contributed by atoms with Gasteiger partial charge in [0, 0.05) is 22.8 Å². The van der Waals surface area contributed by atoms with Gasteiger partial charge in [0.15, 0.2) is 11.5 Å². The van der Waals surface area contributed by atoms with Crippen LogP contribution in [-0.4, -0.2) is 35.5 Å². The zero-order chi connectivity index (χ0) is 17.3. The van der Waals surface area contributed by atoms with Crippen molar-refractivity contribution in [1.29, 1.82) is 0 Å². The smallest absolute Gasteiger partial charge is 0.242 e. The zero-order valence-corrected chi connectivity index (χ0v) is 15.5. The summed E-state index contributed by atoms with van der Waals surface area (Å²) in [6, 6.07) is 3.68. The number of methoxy groups -OCH3 is 2. The Morgan fingerprint density at radius 3 is 2.12 bits per heavy atom. The molecule has 0 spiro atoms. The number of benzene rings is 1. The lowest BCUT2D eigenvalue weighted by Gasteiger charge is -2.22. The van der Waals surface area contributed by atoms with Gasteiger partial charge >= 0.3 is 0 Å². The Hall–Kier alpha value is -1.95. The number of thioether (sulfide) groups is 1. The molecule has 1 aliphatic rings. The lowest BCUT2D eigenvalue weighted by atomic mass is 10.2. The average molecular weight is 346 g/mol. The van der Waals surface area contributed by atoms with Gasteiger partial charge in [0.2, 0.25) is 5.88 Å². The van der Waals surface area contributed by atoms with Crippen LogP contribution in [0.25, 0.3) is 15.9 Å². The van der Waals surface area contributed by atoms with Crippen molar-refractivity contribution in [2.24, 2.45) is 0 Å². The number of aromatic nitrogens is 2. The van der Waals surface area contributed by atoms with E-state index in [4.69, 9.17) is 24.2 Å². The highest BCUT2D eigenvalue weighted by atomic mass is 32.2. The number of nitrogens with zero attached hydrogens (tertiary/aromatic N) is 2. The van der Waals surface area contributed by atoms with E-state index in [9.17, 15) is 0 Å². The fourth-order valence-corrected chi connectivity index (χ4v) is 3.43. The largest absolute Gasteiger partial charge is 0.493 e. The molecule has 1 aliphatic heterocycles. The third-order valence-electron chi connectivity index (χ3n) is 3.48. The van der Waals surface area contributed by atoms with Gasteiger partial charge in [-0.05, 0) is 27.2 Å². The van der Waals surface area contributed by atoms with Gasteiger partial charge in [0.25, 0.3) is 0 Å². The van der Waals surface area contributed by atoms with E-state index >= 15 is 0 Å². The van der Waals surface area contributed by atoms with Gasteiger partial charge in [0.1, 0.15) is 11.3 Å². The van der Waals surface area contributed by atoms with E-state index in [2.05, 4.69) is 6.08 Å². The van der Waals surface area contributed by atoms with Gasteiger partial charge in [-0.15, -0.1) is 11.8 Å². The molecule has 128 valence electrons. The Bertz CT molecular complexity index is 797. The Balaban J connectivity index is 2.20. The van der Waals surface area contributed by atoms with Crippen molar-refractivity contribution in [3.63, 3.8) is 0 Å². The topological polar surface area (TPSA) is 53.5 Å². The predicted octanol–water partition coefficient (Wildman–Crippen LogP) is 4.30. The highest BCUT2D eigenvalue weighted by Crippen LogP contribution is 2.40. The molecule has 1 aromatic carbocycles. The molecule has 0 N–H and O–H groups in total. The molecule has 0 atom stereocenters. The molecule has 0 saturated carbocycles. The van der Waals surface area contributed by atoms with Crippen LogP contribution in [0.1, 0.15) is 32.9 Å². The summed E-state index contributed by atoms with van der Waals surface area (Å²) in [6.45, 7) is 6.02. The minimum absolute atomic E-state index is 0.350. The standard InChI is InChI=1S/C18H22N2O3S/c1-18(2,3)23-17-16(15-7-6-8-24-15)19-11-9-13(21-4)14(22-5)10-12(11)20-17/h7,9-10H,6,8H2,1-5H3. The van der Waals surface area contributed by atoms with Crippen LogP contribution >= 0.6 is 11.8 Å². The first kappa shape index (κ1) is 16.9. The summed E-state index contributed by atoms with van der Waals surface area (Å²) in [6.07, 6.45) is 3.23. The number of hydrogen-bond donors (Lipinski definition) is 0. The highest BCUT2D eigenvalue weighted by Gasteiger charge is 2.23. The van der Waals surface area contributed by atoms with E-state index in [0.29, 0.717) is 17.4 Å². The number of ether oxygens (including phenoxy) is 3. The fourth-order valence-electron chi connectivity index (χ4n) is 2.47. The summed E-state index contributed by atoms with van der Waals surface area (Å²) in [5.41, 5.74) is 1.93. The molecule has 3 rings (SSSR count). The van der Waals surface area contributed by atoms with Crippen LogP contribution < -0.4 is 14.2 Å². The van der Waals surface area contributed by atoms with Crippen molar-refractivity contribution in [3.8, 4) is 17.4 Å². The first-order valence-corrected chi connectivity index (χ1v) is 8.86. The van der Waals surface area contributed by atoms with Gasteiger partial charge in [-0.25, -0.2) is 9.97 Å². The predicted molar refractivity (Wildman–Crippen MR) is 98.1 cm³/mol. The highest BCUT2D eigenvalue weighted by molar-refractivity contribution is 8.08. The number of hydrogen-bond acceptors (Lipinski definition) is 6. The van der Waals surface area contributed by atoms with Crippen LogP contribution in [0.2, 0.25) is 0 Å². The lowest BCUT2D eigenvalue weighted by Crippen LogP contribution is -2.24. The quantitative estimate of drug-likeness (QED) is 0.822. The molecule has 0 bridgehead atoms. The van der Waals surface area contributed by atoms with Gasteiger partial charge in [0.05, 0.1) is 25.3 Å². The number of allylic oxidation sites excluding steroid dienone is 1. The first-order valence-electron chi connectivity index (χ1n) is 7.87. The normalized spacial score (nSPS) is 14.6. The molecule has 2 aromatic rings. The fraction of sp³-hybridized carbons (Fsp3) is 0.444. The maximum Gasteiger partial charge on any atom is 0.242 e. The second kappa shape index (κ2) is 6.51. The van der Waals surface area contributed by atoms with E-state index < -0.39 is 0 Å². The van der Waals surface area contributed by atoms with Crippen LogP contribution in [0.5, 0.6) is 17.4 Å². The van der Waals surface area contributed by atoms with Crippen molar-refractivity contribution >= 4 is 27.7 Å². The van der Waals surface area contributed by atoms with Gasteiger partial charge in [-0.2, -0.15) is 0 Å². The summed E-state index contributed by atoms with van der Waals surface area (Å²) in [7, 11) is 3.22. The second-order valence-corrected chi connectivity index (χ2v) is 7.63. The van der Waals surface area contributed by atoms with Crippen LogP contribution in [0.3, 0.4) is 0 Å². The molecule has 5 nitrogen and oxygen atoms in total. The Morgan fingerprint density at radius 1 is 1.00 bits per heavy atom. The van der Waals surface area contributed by atoms with Crippen LogP contribution in [0, 0.1) is 0 Å². The third-order valence-corrected chi connectivity index (χ3v) is 4.59. The SMILES string of the molecule is COc1cc2nc(OC(C)(C)C)c(C3=CCCS3)nc2cc1OC. The molecule has 0 saturated heterocycles. The molecular weight excluding hydrogens is 324 g/mol. The minimum atomic E-state index is -0.350. The molecule has 0 aliphatic carbocycles.